The highest BCUT2D eigenvalue weighted by molar-refractivity contribution is 7.16. The lowest BCUT2D eigenvalue weighted by Crippen LogP contribution is -2.35. The summed E-state index contributed by atoms with van der Waals surface area (Å²) in [5, 5.41) is 4.72. The summed E-state index contributed by atoms with van der Waals surface area (Å²) in [4.78, 5) is 7.72. The summed E-state index contributed by atoms with van der Waals surface area (Å²) in [6, 6.07) is 1.96. The van der Waals surface area contributed by atoms with Crippen LogP contribution in [0.5, 0.6) is 0 Å². The van der Waals surface area contributed by atoms with Crippen molar-refractivity contribution in [1.29, 1.82) is 0 Å². The monoisotopic (exact) mass is 280 g/mol. The number of aromatic nitrogens is 2. The van der Waals surface area contributed by atoms with Gasteiger partial charge in [0, 0.05) is 18.0 Å². The van der Waals surface area contributed by atoms with Gasteiger partial charge in [0.1, 0.15) is 6.10 Å². The van der Waals surface area contributed by atoms with Crippen molar-refractivity contribution >= 4 is 16.3 Å². The summed E-state index contributed by atoms with van der Waals surface area (Å²) in [6.07, 6.45) is -0.128. The fourth-order valence-corrected chi connectivity index (χ4v) is 2.89. The molecule has 7 heteroatoms. The van der Waals surface area contributed by atoms with E-state index in [0.29, 0.717) is 23.3 Å². The Labute approximate surface area is 115 Å². The first-order valence-corrected chi connectivity index (χ1v) is 6.95. The average Bonchev–Trinajstić information content (AvgIpc) is 2.96. The van der Waals surface area contributed by atoms with E-state index in [9.17, 15) is 0 Å². The average molecular weight is 280 g/mol. The molecule has 1 aliphatic heterocycles. The van der Waals surface area contributed by atoms with Gasteiger partial charge in [-0.25, -0.2) is 0 Å². The second kappa shape index (κ2) is 4.92. The number of anilines is 1. The van der Waals surface area contributed by atoms with Crippen molar-refractivity contribution in [3.8, 4) is 11.5 Å². The van der Waals surface area contributed by atoms with Gasteiger partial charge in [0.25, 0.3) is 5.89 Å². The van der Waals surface area contributed by atoms with Crippen molar-refractivity contribution < 1.29 is 9.26 Å². The maximum absolute atomic E-state index is 5.93. The van der Waals surface area contributed by atoms with Gasteiger partial charge in [-0.1, -0.05) is 5.16 Å². The van der Waals surface area contributed by atoms with E-state index < -0.39 is 0 Å². The lowest BCUT2D eigenvalue weighted by Gasteiger charge is -2.27. The van der Waals surface area contributed by atoms with Gasteiger partial charge in [-0.3, -0.25) is 0 Å². The topological polar surface area (TPSA) is 77.4 Å². The van der Waals surface area contributed by atoms with Crippen LogP contribution in [0.1, 0.15) is 16.8 Å². The van der Waals surface area contributed by atoms with Crippen molar-refractivity contribution in [1.82, 2.24) is 15.0 Å². The zero-order valence-corrected chi connectivity index (χ0v) is 11.7. The molecule has 102 valence electrons. The van der Waals surface area contributed by atoms with Gasteiger partial charge in [-0.15, -0.1) is 11.3 Å². The number of rotatable bonds is 2. The van der Waals surface area contributed by atoms with Crippen LogP contribution in [0.4, 0.5) is 5.00 Å². The van der Waals surface area contributed by atoms with E-state index in [4.69, 9.17) is 15.0 Å². The van der Waals surface area contributed by atoms with Crippen LogP contribution in [0, 0.1) is 6.92 Å². The predicted octanol–water partition coefficient (Wildman–Crippen LogP) is 1.69. The van der Waals surface area contributed by atoms with Gasteiger partial charge in [-0.05, 0) is 20.0 Å². The predicted molar refractivity (Wildman–Crippen MR) is 73.0 cm³/mol. The molecule has 1 aliphatic rings. The van der Waals surface area contributed by atoms with Crippen LogP contribution in [0.15, 0.2) is 10.6 Å². The molecule has 2 aromatic rings. The fourth-order valence-electron chi connectivity index (χ4n) is 2.11. The first-order valence-electron chi connectivity index (χ1n) is 6.13. The minimum Gasteiger partial charge on any atom is -0.390 e. The molecular weight excluding hydrogens is 264 g/mol. The van der Waals surface area contributed by atoms with Crippen LogP contribution >= 0.6 is 11.3 Å². The van der Waals surface area contributed by atoms with Crippen molar-refractivity contribution in [3.63, 3.8) is 0 Å². The van der Waals surface area contributed by atoms with Gasteiger partial charge in [-0.2, -0.15) is 4.98 Å². The summed E-state index contributed by atoms with van der Waals surface area (Å²) >= 11 is 1.52. The third-order valence-corrected chi connectivity index (χ3v) is 3.99. The molecule has 3 heterocycles. The molecule has 2 N–H and O–H groups in total. The van der Waals surface area contributed by atoms with Gasteiger partial charge in [0.2, 0.25) is 5.82 Å². The Morgan fingerprint density at radius 3 is 3.05 bits per heavy atom. The highest BCUT2D eigenvalue weighted by atomic mass is 32.1. The van der Waals surface area contributed by atoms with E-state index in [1.807, 2.05) is 13.0 Å². The summed E-state index contributed by atoms with van der Waals surface area (Å²) < 4.78 is 11.0. The van der Waals surface area contributed by atoms with Crippen molar-refractivity contribution in [2.45, 2.75) is 13.0 Å². The molecule has 19 heavy (non-hydrogen) atoms. The molecule has 6 nitrogen and oxygen atoms in total. The smallest absolute Gasteiger partial charge is 0.261 e. The van der Waals surface area contributed by atoms with E-state index in [-0.39, 0.29) is 6.10 Å². The number of morpholine rings is 1. The highest BCUT2D eigenvalue weighted by Crippen LogP contribution is 2.33. The molecule has 0 radical (unpaired) electrons. The molecule has 2 aromatic heterocycles. The van der Waals surface area contributed by atoms with Crippen LogP contribution < -0.4 is 5.73 Å². The molecular formula is C12H16N4O2S. The number of nitrogen functional groups attached to an aromatic ring is 1. The zero-order chi connectivity index (χ0) is 13.4. The number of hydrogen-bond donors (Lipinski definition) is 1. The van der Waals surface area contributed by atoms with Crippen molar-refractivity contribution in [2.75, 3.05) is 32.5 Å². The number of likely N-dealkylation sites (N-methyl/N-ethyl adjacent to an activating group) is 1. The van der Waals surface area contributed by atoms with E-state index in [2.05, 4.69) is 22.1 Å². The standard InChI is InChI=1S/C12H16N4O2S/c1-7-5-8(10(13)19-7)12-14-11(15-18-12)9-6-16(2)3-4-17-9/h5,9H,3-4,6,13H2,1-2H3. The quantitative estimate of drug-likeness (QED) is 0.902. The molecule has 0 bridgehead atoms. The Bertz CT molecular complexity index is 580. The lowest BCUT2D eigenvalue weighted by molar-refractivity contribution is -0.0264. The molecule has 1 atom stereocenters. The number of nitrogens with zero attached hydrogens (tertiary/aromatic N) is 3. The number of thiophene rings is 1. The minimum atomic E-state index is -0.128. The van der Waals surface area contributed by atoms with Gasteiger partial charge < -0.3 is 19.9 Å². The van der Waals surface area contributed by atoms with E-state index in [0.717, 1.165) is 23.5 Å². The second-order valence-electron chi connectivity index (χ2n) is 4.71. The fraction of sp³-hybridized carbons (Fsp3) is 0.500. The van der Waals surface area contributed by atoms with Gasteiger partial charge >= 0.3 is 0 Å². The molecule has 0 saturated carbocycles. The maximum atomic E-state index is 5.93. The number of ether oxygens (including phenoxy) is 1. The molecule has 0 aromatic carbocycles. The SMILES string of the molecule is Cc1cc(-c2nc(C3CN(C)CCO3)no2)c(N)s1. The van der Waals surface area contributed by atoms with Crippen molar-refractivity contribution in [2.24, 2.45) is 0 Å². The van der Waals surface area contributed by atoms with Crippen LogP contribution in [0.3, 0.4) is 0 Å². The molecule has 1 unspecified atom stereocenters. The van der Waals surface area contributed by atoms with Gasteiger partial charge in [0.05, 0.1) is 17.2 Å². The Morgan fingerprint density at radius 1 is 1.53 bits per heavy atom. The van der Waals surface area contributed by atoms with Crippen LogP contribution in [0.2, 0.25) is 0 Å². The largest absolute Gasteiger partial charge is 0.390 e. The summed E-state index contributed by atoms with van der Waals surface area (Å²) in [5.41, 5.74) is 6.75. The summed E-state index contributed by atoms with van der Waals surface area (Å²) in [7, 11) is 2.05. The number of hydrogen-bond acceptors (Lipinski definition) is 7. The highest BCUT2D eigenvalue weighted by Gasteiger charge is 2.25. The Hall–Kier alpha value is -1.44. The van der Waals surface area contributed by atoms with Crippen LogP contribution in [-0.4, -0.2) is 41.8 Å². The molecule has 0 spiro atoms. The maximum Gasteiger partial charge on any atom is 0.261 e. The molecule has 1 fully saturated rings. The number of aryl methyl sites for hydroxylation is 1. The normalized spacial score (nSPS) is 20.8. The Kier molecular flexibility index (Phi) is 3.26. The lowest BCUT2D eigenvalue weighted by atomic mass is 10.2. The molecule has 0 amide bonds. The summed E-state index contributed by atoms with van der Waals surface area (Å²) in [6.45, 7) is 4.39. The van der Waals surface area contributed by atoms with E-state index in [1.54, 1.807) is 0 Å². The number of nitrogens with two attached hydrogens (primary N) is 1. The molecule has 3 rings (SSSR count). The molecule has 1 saturated heterocycles. The first-order chi connectivity index (χ1) is 9.13. The van der Waals surface area contributed by atoms with Crippen LogP contribution in [-0.2, 0) is 4.74 Å². The Morgan fingerprint density at radius 2 is 2.37 bits per heavy atom. The first kappa shape index (κ1) is 12.6. The third-order valence-electron chi connectivity index (χ3n) is 3.11. The molecule has 0 aliphatic carbocycles. The van der Waals surface area contributed by atoms with Crippen molar-refractivity contribution in [3.05, 3.63) is 16.8 Å². The van der Waals surface area contributed by atoms with E-state index in [1.165, 1.54) is 11.3 Å². The zero-order valence-electron chi connectivity index (χ0n) is 10.9. The third kappa shape index (κ3) is 2.49. The van der Waals surface area contributed by atoms with Crippen LogP contribution in [0.25, 0.3) is 11.5 Å². The Balaban J connectivity index is 1.85. The van der Waals surface area contributed by atoms with Gasteiger partial charge in [0.15, 0.2) is 0 Å². The van der Waals surface area contributed by atoms with E-state index >= 15 is 0 Å². The minimum absolute atomic E-state index is 0.128. The summed E-state index contributed by atoms with van der Waals surface area (Å²) in [5.74, 6) is 1.05. The second-order valence-corrected chi connectivity index (χ2v) is 6.00.